The molecule has 0 aliphatic heterocycles. The van der Waals surface area contributed by atoms with E-state index in [-0.39, 0.29) is 6.54 Å². The van der Waals surface area contributed by atoms with Crippen LogP contribution in [0.2, 0.25) is 0 Å². The van der Waals surface area contributed by atoms with E-state index in [2.05, 4.69) is 0 Å². The Balaban J connectivity index is 2.09. The molecule has 3 rings (SSSR count). The minimum atomic E-state index is -0.481. The summed E-state index contributed by atoms with van der Waals surface area (Å²) in [6.45, 7) is 1.03. The second kappa shape index (κ2) is 8.24. The highest BCUT2D eigenvalue weighted by Gasteiger charge is 2.27. The van der Waals surface area contributed by atoms with Gasteiger partial charge >= 0.3 is 0 Å². The second-order valence-electron chi connectivity index (χ2n) is 6.66. The zero-order valence-electron chi connectivity index (χ0n) is 15.9. The van der Waals surface area contributed by atoms with Gasteiger partial charge < -0.3 is 14.2 Å². The fourth-order valence-corrected chi connectivity index (χ4v) is 3.22. The van der Waals surface area contributed by atoms with Crippen molar-refractivity contribution in [1.82, 2.24) is 14.5 Å². The summed E-state index contributed by atoms with van der Waals surface area (Å²) in [5.74, 6) is -0.0169. The molecule has 27 heavy (non-hydrogen) atoms. The van der Waals surface area contributed by atoms with Gasteiger partial charge in [-0.15, -0.1) is 0 Å². The Morgan fingerprint density at radius 1 is 1.04 bits per heavy atom. The maximum absolute atomic E-state index is 13.1. The van der Waals surface area contributed by atoms with Gasteiger partial charge in [-0.2, -0.15) is 0 Å². The summed E-state index contributed by atoms with van der Waals surface area (Å²) in [5.41, 5.74) is 2.00. The molecule has 142 valence electrons. The van der Waals surface area contributed by atoms with Gasteiger partial charge in [0.2, 0.25) is 0 Å². The minimum Gasteiger partial charge on any atom is -0.494 e. The Morgan fingerprint density at radius 3 is 2.37 bits per heavy atom. The van der Waals surface area contributed by atoms with E-state index in [0.717, 1.165) is 28.2 Å². The van der Waals surface area contributed by atoms with E-state index in [4.69, 9.17) is 4.74 Å². The summed E-state index contributed by atoms with van der Waals surface area (Å²) in [6.07, 6.45) is 0.670. The number of carbonyl (C=O) groups is 1. The van der Waals surface area contributed by atoms with Crippen molar-refractivity contribution in [2.45, 2.75) is 6.42 Å². The molecular formula is C21H25N3O3. The minimum absolute atomic E-state index is 0.247. The van der Waals surface area contributed by atoms with Crippen LogP contribution in [0, 0.1) is 0 Å². The van der Waals surface area contributed by atoms with E-state index in [0.29, 0.717) is 17.9 Å². The molecule has 1 N–H and O–H groups in total. The molecule has 0 radical (unpaired) electrons. The summed E-state index contributed by atoms with van der Waals surface area (Å²) in [6, 6.07) is 17.3. The predicted molar refractivity (Wildman–Crippen MR) is 106 cm³/mol. The van der Waals surface area contributed by atoms with Crippen molar-refractivity contribution in [2.75, 3.05) is 34.3 Å². The zero-order valence-corrected chi connectivity index (χ0v) is 15.9. The first-order valence-electron chi connectivity index (χ1n) is 8.93. The number of ether oxygens (including phenoxy) is 1. The summed E-state index contributed by atoms with van der Waals surface area (Å²) in [7, 11) is 5.46. The van der Waals surface area contributed by atoms with Crippen molar-refractivity contribution >= 4 is 16.8 Å². The highest BCUT2D eigenvalue weighted by Crippen LogP contribution is 2.36. The van der Waals surface area contributed by atoms with Crippen LogP contribution in [0.4, 0.5) is 0 Å². The molecule has 0 unspecified atom stereocenters. The molecule has 0 fully saturated rings. The maximum Gasteiger partial charge on any atom is 0.298 e. The van der Waals surface area contributed by atoms with E-state index in [9.17, 15) is 10.0 Å². The fraction of sp³-hybridized carbons (Fsp3) is 0.286. The SMILES string of the molecule is COc1c(C(=O)N(O)CCCN(C)C)n(-c2ccccc2)c2ccccc12. The van der Waals surface area contributed by atoms with Crippen molar-refractivity contribution in [1.29, 1.82) is 0 Å². The van der Waals surface area contributed by atoms with Gasteiger partial charge in [-0.3, -0.25) is 10.0 Å². The van der Waals surface area contributed by atoms with Crippen LogP contribution in [0.3, 0.4) is 0 Å². The zero-order chi connectivity index (χ0) is 19.4. The van der Waals surface area contributed by atoms with Crippen LogP contribution in [0.1, 0.15) is 16.9 Å². The number of carbonyl (C=O) groups excluding carboxylic acids is 1. The largest absolute Gasteiger partial charge is 0.494 e. The van der Waals surface area contributed by atoms with Crippen LogP contribution in [-0.4, -0.2) is 59.9 Å². The number of hydrogen-bond donors (Lipinski definition) is 1. The molecule has 0 atom stereocenters. The number of benzene rings is 2. The summed E-state index contributed by atoms with van der Waals surface area (Å²) in [5, 5.41) is 12.0. The second-order valence-corrected chi connectivity index (χ2v) is 6.66. The third-order valence-corrected chi connectivity index (χ3v) is 4.46. The van der Waals surface area contributed by atoms with Crippen LogP contribution >= 0.6 is 0 Å². The van der Waals surface area contributed by atoms with Crippen molar-refractivity contribution < 1.29 is 14.7 Å². The normalized spacial score (nSPS) is 11.1. The Kier molecular flexibility index (Phi) is 5.78. The average molecular weight is 367 g/mol. The lowest BCUT2D eigenvalue weighted by molar-refractivity contribution is -0.0599. The summed E-state index contributed by atoms with van der Waals surface area (Å²) < 4.78 is 7.43. The number of nitrogens with zero attached hydrogens (tertiary/aromatic N) is 3. The predicted octanol–water partition coefficient (Wildman–Crippen LogP) is 3.42. The molecule has 0 bridgehead atoms. The van der Waals surface area contributed by atoms with E-state index < -0.39 is 5.91 Å². The molecule has 6 nitrogen and oxygen atoms in total. The summed E-state index contributed by atoms with van der Waals surface area (Å²) in [4.78, 5) is 15.1. The number of rotatable bonds is 7. The number of methoxy groups -OCH3 is 1. The van der Waals surface area contributed by atoms with E-state index in [1.807, 2.05) is 78.2 Å². The first kappa shape index (κ1) is 18.9. The van der Waals surface area contributed by atoms with Crippen molar-refractivity contribution in [3.05, 3.63) is 60.3 Å². The topological polar surface area (TPSA) is 57.9 Å². The number of hydroxylamine groups is 2. The Hall–Kier alpha value is -2.83. The number of fused-ring (bicyclic) bond motifs is 1. The Labute approximate surface area is 159 Å². The molecule has 3 aromatic rings. The lowest BCUT2D eigenvalue weighted by Crippen LogP contribution is -2.32. The molecular weight excluding hydrogens is 342 g/mol. The van der Waals surface area contributed by atoms with E-state index in [1.54, 1.807) is 7.11 Å². The molecule has 1 aromatic heterocycles. The molecule has 1 heterocycles. The number of aromatic nitrogens is 1. The molecule has 0 spiro atoms. The van der Waals surface area contributed by atoms with E-state index >= 15 is 0 Å². The van der Waals surface area contributed by atoms with Gasteiger partial charge in [0, 0.05) is 11.1 Å². The average Bonchev–Trinajstić information content (AvgIpc) is 3.01. The third kappa shape index (κ3) is 3.82. The van der Waals surface area contributed by atoms with Crippen LogP contribution < -0.4 is 4.74 Å². The van der Waals surface area contributed by atoms with Gasteiger partial charge in [0.05, 0.1) is 19.2 Å². The van der Waals surface area contributed by atoms with Gasteiger partial charge in [-0.05, 0) is 51.3 Å². The monoisotopic (exact) mass is 367 g/mol. The van der Waals surface area contributed by atoms with Crippen LogP contribution in [0.25, 0.3) is 16.6 Å². The molecule has 1 amide bonds. The smallest absolute Gasteiger partial charge is 0.298 e. The quantitative estimate of drug-likeness (QED) is 0.513. The van der Waals surface area contributed by atoms with Gasteiger partial charge in [-0.1, -0.05) is 30.3 Å². The lowest BCUT2D eigenvalue weighted by atomic mass is 10.2. The Bertz CT molecular complexity index is 919. The lowest BCUT2D eigenvalue weighted by Gasteiger charge is -2.18. The Morgan fingerprint density at radius 2 is 1.70 bits per heavy atom. The van der Waals surface area contributed by atoms with Crippen LogP contribution in [0.5, 0.6) is 5.75 Å². The maximum atomic E-state index is 13.1. The highest BCUT2D eigenvalue weighted by molar-refractivity contribution is 6.04. The first-order chi connectivity index (χ1) is 13.0. The molecule has 6 heteroatoms. The van der Waals surface area contributed by atoms with Crippen LogP contribution in [0.15, 0.2) is 54.6 Å². The van der Waals surface area contributed by atoms with Gasteiger partial charge in [0.15, 0.2) is 11.4 Å². The first-order valence-corrected chi connectivity index (χ1v) is 8.93. The third-order valence-electron chi connectivity index (χ3n) is 4.46. The van der Waals surface area contributed by atoms with Crippen LogP contribution in [-0.2, 0) is 0 Å². The fourth-order valence-electron chi connectivity index (χ4n) is 3.22. The number of para-hydroxylation sites is 2. The standard InChI is InChI=1S/C21H25N3O3/c1-22(2)14-9-15-23(26)21(25)19-20(27-3)17-12-7-8-13-18(17)24(19)16-10-5-4-6-11-16/h4-8,10-13,26H,9,14-15H2,1-3H3. The van der Waals surface area contributed by atoms with Gasteiger partial charge in [-0.25, -0.2) is 5.06 Å². The number of amides is 1. The van der Waals surface area contributed by atoms with Crippen molar-refractivity contribution in [3.63, 3.8) is 0 Å². The molecule has 0 saturated carbocycles. The van der Waals surface area contributed by atoms with E-state index in [1.165, 1.54) is 0 Å². The van der Waals surface area contributed by atoms with Gasteiger partial charge in [0.1, 0.15) is 0 Å². The molecule has 2 aromatic carbocycles. The van der Waals surface area contributed by atoms with Crippen molar-refractivity contribution in [3.8, 4) is 11.4 Å². The molecule has 0 aliphatic carbocycles. The summed E-state index contributed by atoms with van der Waals surface area (Å²) >= 11 is 0. The molecule has 0 aliphatic rings. The molecule has 0 saturated heterocycles. The van der Waals surface area contributed by atoms with Gasteiger partial charge in [0.25, 0.3) is 5.91 Å². The highest BCUT2D eigenvalue weighted by atomic mass is 16.5. The number of hydrogen-bond acceptors (Lipinski definition) is 4. The van der Waals surface area contributed by atoms with Crippen molar-refractivity contribution in [2.24, 2.45) is 0 Å².